The Morgan fingerprint density at radius 3 is 2.65 bits per heavy atom. The van der Waals surface area contributed by atoms with Crippen molar-refractivity contribution in [1.29, 1.82) is 0 Å². The van der Waals surface area contributed by atoms with Crippen molar-refractivity contribution in [3.63, 3.8) is 0 Å². The number of carbonyl (C=O) groups excluding carboxylic acids is 1. The largest absolute Gasteiger partial charge is 0.324 e. The number of nitrogens with zero attached hydrogens (tertiary/aromatic N) is 1. The van der Waals surface area contributed by atoms with Gasteiger partial charge in [-0.1, -0.05) is 24.9 Å². The molecule has 0 radical (unpaired) electrons. The van der Waals surface area contributed by atoms with E-state index in [0.29, 0.717) is 17.7 Å². The van der Waals surface area contributed by atoms with E-state index in [1.54, 1.807) is 13.8 Å². The van der Waals surface area contributed by atoms with Gasteiger partial charge in [0.1, 0.15) is 5.02 Å². The number of nitro benzene ring substituents is 1. The van der Waals surface area contributed by atoms with Gasteiger partial charge < -0.3 is 11.1 Å². The number of nitrogens with two attached hydrogens (primary N) is 1. The Bertz CT molecular complexity index is 544. The highest BCUT2D eigenvalue weighted by Gasteiger charge is 2.28. The second kappa shape index (κ2) is 6.19. The van der Waals surface area contributed by atoms with E-state index in [-0.39, 0.29) is 16.6 Å². The molecule has 110 valence electrons. The molecule has 0 aromatic heterocycles. The van der Waals surface area contributed by atoms with Crippen molar-refractivity contribution < 1.29 is 9.72 Å². The number of aryl methyl sites for hydroxylation is 1. The maximum Gasteiger partial charge on any atom is 0.288 e. The van der Waals surface area contributed by atoms with E-state index in [1.165, 1.54) is 12.1 Å². The Morgan fingerprint density at radius 1 is 1.55 bits per heavy atom. The number of amides is 1. The molecule has 6 nitrogen and oxygen atoms in total. The standard InChI is InChI=1S/C13H18ClN3O3/c1-4-5-13(3,15)12(18)16-10-7-9(14)11(17(19)20)6-8(10)2/h6-7H,4-5,15H2,1-3H3,(H,16,18). The van der Waals surface area contributed by atoms with E-state index < -0.39 is 10.5 Å². The van der Waals surface area contributed by atoms with Crippen LogP contribution in [0.2, 0.25) is 5.02 Å². The number of nitro groups is 1. The van der Waals surface area contributed by atoms with Gasteiger partial charge in [0.05, 0.1) is 10.5 Å². The summed E-state index contributed by atoms with van der Waals surface area (Å²) in [6.07, 6.45) is 1.32. The number of anilines is 1. The average molecular weight is 300 g/mol. The molecule has 20 heavy (non-hydrogen) atoms. The Labute approximate surface area is 122 Å². The smallest absolute Gasteiger partial charge is 0.288 e. The monoisotopic (exact) mass is 299 g/mol. The highest BCUT2D eigenvalue weighted by Crippen LogP contribution is 2.31. The molecule has 0 spiro atoms. The van der Waals surface area contributed by atoms with Crippen LogP contribution in [0.5, 0.6) is 0 Å². The van der Waals surface area contributed by atoms with Crippen molar-refractivity contribution in [3.05, 3.63) is 32.8 Å². The van der Waals surface area contributed by atoms with Crippen LogP contribution >= 0.6 is 11.6 Å². The van der Waals surface area contributed by atoms with Crippen molar-refractivity contribution in [2.24, 2.45) is 5.73 Å². The van der Waals surface area contributed by atoms with Gasteiger partial charge >= 0.3 is 0 Å². The van der Waals surface area contributed by atoms with Gasteiger partial charge in [-0.25, -0.2) is 0 Å². The third-order valence-electron chi connectivity index (χ3n) is 3.03. The minimum absolute atomic E-state index is 0.0230. The summed E-state index contributed by atoms with van der Waals surface area (Å²) in [5.74, 6) is -0.340. The van der Waals surface area contributed by atoms with Crippen LogP contribution in [0.1, 0.15) is 32.3 Å². The Balaban J connectivity index is 3.02. The summed E-state index contributed by atoms with van der Waals surface area (Å²) in [6.45, 7) is 5.24. The fraction of sp³-hybridized carbons (Fsp3) is 0.462. The van der Waals surface area contributed by atoms with E-state index in [1.807, 2.05) is 6.92 Å². The van der Waals surface area contributed by atoms with E-state index in [0.717, 1.165) is 6.42 Å². The van der Waals surface area contributed by atoms with Crippen molar-refractivity contribution in [2.45, 2.75) is 39.2 Å². The van der Waals surface area contributed by atoms with E-state index >= 15 is 0 Å². The van der Waals surface area contributed by atoms with Crippen LogP contribution in [0.15, 0.2) is 12.1 Å². The number of hydrogen-bond donors (Lipinski definition) is 2. The number of rotatable bonds is 5. The molecule has 1 aromatic rings. The van der Waals surface area contributed by atoms with Crippen LogP contribution in [0.4, 0.5) is 11.4 Å². The Hall–Kier alpha value is -1.66. The highest BCUT2D eigenvalue weighted by molar-refractivity contribution is 6.33. The lowest BCUT2D eigenvalue weighted by Crippen LogP contribution is -2.48. The van der Waals surface area contributed by atoms with Gasteiger partial charge in [0.15, 0.2) is 0 Å². The predicted octanol–water partition coefficient (Wildman–Crippen LogP) is 3.01. The van der Waals surface area contributed by atoms with Gasteiger partial charge in [-0.05, 0) is 31.9 Å². The first-order valence-corrected chi connectivity index (χ1v) is 6.61. The number of carbonyl (C=O) groups is 1. The van der Waals surface area contributed by atoms with Crippen molar-refractivity contribution in [2.75, 3.05) is 5.32 Å². The van der Waals surface area contributed by atoms with Gasteiger partial charge in [-0.2, -0.15) is 0 Å². The van der Waals surface area contributed by atoms with E-state index in [4.69, 9.17) is 17.3 Å². The molecular formula is C13H18ClN3O3. The third kappa shape index (κ3) is 3.68. The topological polar surface area (TPSA) is 98.3 Å². The first kappa shape index (κ1) is 16.4. The summed E-state index contributed by atoms with van der Waals surface area (Å²) in [6, 6.07) is 2.70. The number of nitrogens with one attached hydrogen (secondary N) is 1. The zero-order valence-corrected chi connectivity index (χ0v) is 12.5. The highest BCUT2D eigenvalue weighted by atomic mass is 35.5. The molecule has 1 atom stereocenters. The quantitative estimate of drug-likeness (QED) is 0.645. The molecule has 3 N–H and O–H groups in total. The summed E-state index contributed by atoms with van der Waals surface area (Å²) in [4.78, 5) is 22.3. The van der Waals surface area contributed by atoms with Crippen molar-refractivity contribution >= 4 is 28.9 Å². The number of benzene rings is 1. The molecule has 0 saturated heterocycles. The molecule has 1 aromatic carbocycles. The third-order valence-corrected chi connectivity index (χ3v) is 3.33. The van der Waals surface area contributed by atoms with Gasteiger partial charge in [-0.15, -0.1) is 0 Å². The number of hydrogen-bond acceptors (Lipinski definition) is 4. The van der Waals surface area contributed by atoms with Crippen LogP contribution in [-0.4, -0.2) is 16.4 Å². The van der Waals surface area contributed by atoms with Crippen molar-refractivity contribution in [3.8, 4) is 0 Å². The van der Waals surface area contributed by atoms with Crippen LogP contribution < -0.4 is 11.1 Å². The molecule has 0 fully saturated rings. The molecular weight excluding hydrogens is 282 g/mol. The minimum atomic E-state index is -0.991. The SMILES string of the molecule is CCCC(C)(N)C(=O)Nc1cc(Cl)c([N+](=O)[O-])cc1C. The average Bonchev–Trinajstić information content (AvgIpc) is 2.32. The predicted molar refractivity (Wildman–Crippen MR) is 79.0 cm³/mol. The maximum atomic E-state index is 12.1. The molecule has 1 amide bonds. The summed E-state index contributed by atoms with van der Waals surface area (Å²) in [5.41, 5.74) is 5.74. The maximum absolute atomic E-state index is 12.1. The lowest BCUT2D eigenvalue weighted by molar-refractivity contribution is -0.384. The van der Waals surface area contributed by atoms with Gasteiger partial charge in [-0.3, -0.25) is 14.9 Å². The summed E-state index contributed by atoms with van der Waals surface area (Å²) >= 11 is 5.83. The van der Waals surface area contributed by atoms with Crippen LogP contribution in [0.25, 0.3) is 0 Å². The molecule has 0 bridgehead atoms. The molecule has 0 saturated carbocycles. The molecule has 7 heteroatoms. The second-order valence-corrected chi connectivity index (χ2v) is 5.40. The van der Waals surface area contributed by atoms with Gasteiger partial charge in [0.2, 0.25) is 5.91 Å². The molecule has 0 aliphatic carbocycles. The molecule has 0 aliphatic heterocycles. The minimum Gasteiger partial charge on any atom is -0.324 e. The van der Waals surface area contributed by atoms with E-state index in [2.05, 4.69) is 5.32 Å². The van der Waals surface area contributed by atoms with Crippen molar-refractivity contribution in [1.82, 2.24) is 0 Å². The second-order valence-electron chi connectivity index (χ2n) is 5.00. The Morgan fingerprint density at radius 2 is 2.15 bits per heavy atom. The van der Waals surface area contributed by atoms with E-state index in [9.17, 15) is 14.9 Å². The molecule has 0 heterocycles. The van der Waals surface area contributed by atoms with Gasteiger partial charge in [0.25, 0.3) is 5.69 Å². The number of halogens is 1. The normalized spacial score (nSPS) is 13.7. The first-order chi connectivity index (χ1) is 9.19. The molecule has 1 rings (SSSR count). The first-order valence-electron chi connectivity index (χ1n) is 6.24. The summed E-state index contributed by atoms with van der Waals surface area (Å²) < 4.78 is 0. The van der Waals surface area contributed by atoms with Crippen LogP contribution in [0.3, 0.4) is 0 Å². The fourth-order valence-electron chi connectivity index (χ4n) is 1.84. The summed E-state index contributed by atoms with van der Waals surface area (Å²) in [5, 5.41) is 13.4. The zero-order chi connectivity index (χ0) is 15.5. The fourth-order valence-corrected chi connectivity index (χ4v) is 2.07. The lowest BCUT2D eigenvalue weighted by atomic mass is 9.96. The Kier molecular flexibility index (Phi) is 5.08. The van der Waals surface area contributed by atoms with Gasteiger partial charge in [0, 0.05) is 11.8 Å². The molecule has 0 aliphatic rings. The zero-order valence-electron chi connectivity index (χ0n) is 11.7. The molecule has 1 unspecified atom stereocenters. The van der Waals surface area contributed by atoms with Crippen LogP contribution in [0, 0.1) is 17.0 Å². The summed E-state index contributed by atoms with van der Waals surface area (Å²) in [7, 11) is 0. The van der Waals surface area contributed by atoms with Crippen LogP contribution in [-0.2, 0) is 4.79 Å². The lowest BCUT2D eigenvalue weighted by Gasteiger charge is -2.23.